The van der Waals surface area contributed by atoms with Crippen LogP contribution in [0.1, 0.15) is 11.4 Å². The molecule has 5 heteroatoms. The summed E-state index contributed by atoms with van der Waals surface area (Å²) in [6.45, 7) is 1.33. The van der Waals surface area contributed by atoms with Gasteiger partial charge in [0, 0.05) is 43.0 Å². The van der Waals surface area contributed by atoms with E-state index < -0.39 is 0 Å². The molecular formula is C14H18ClN3O. The van der Waals surface area contributed by atoms with E-state index in [0.29, 0.717) is 6.61 Å². The summed E-state index contributed by atoms with van der Waals surface area (Å²) < 4.78 is 7.82. The van der Waals surface area contributed by atoms with Gasteiger partial charge in [-0.05, 0) is 25.2 Å². The summed E-state index contributed by atoms with van der Waals surface area (Å²) in [5, 5.41) is 3.83. The van der Waals surface area contributed by atoms with Crippen molar-refractivity contribution in [3.63, 3.8) is 0 Å². The van der Waals surface area contributed by atoms with Crippen molar-refractivity contribution in [1.29, 1.82) is 0 Å². The molecule has 1 N–H and O–H groups in total. The highest BCUT2D eigenvalue weighted by molar-refractivity contribution is 6.30. The molecule has 0 aliphatic heterocycles. The molecule has 4 nitrogen and oxygen atoms in total. The van der Waals surface area contributed by atoms with Crippen LogP contribution in [0.3, 0.4) is 0 Å². The Kier molecular flexibility index (Phi) is 4.82. The van der Waals surface area contributed by atoms with E-state index in [9.17, 15) is 0 Å². The zero-order valence-electron chi connectivity index (χ0n) is 11.2. The number of nitrogens with zero attached hydrogens (tertiary/aromatic N) is 2. The van der Waals surface area contributed by atoms with E-state index in [0.717, 1.165) is 35.1 Å². The number of hydrogen-bond acceptors (Lipinski definition) is 3. The number of halogens is 1. The first-order valence-corrected chi connectivity index (χ1v) is 6.60. The molecule has 0 saturated carbocycles. The topological polar surface area (TPSA) is 39.1 Å². The molecule has 0 aliphatic rings. The Morgan fingerprint density at radius 1 is 1.42 bits per heavy atom. The minimum absolute atomic E-state index is 0.600. The van der Waals surface area contributed by atoms with Crippen LogP contribution in [0.15, 0.2) is 30.6 Å². The second-order valence-corrected chi connectivity index (χ2v) is 4.77. The SMILES string of the molecule is CNCc1cc(Cl)ccc1OCCc1nccn1C. The number of imidazole rings is 1. The third-order valence-corrected chi connectivity index (χ3v) is 3.13. The van der Waals surface area contributed by atoms with Gasteiger partial charge in [0.2, 0.25) is 0 Å². The molecule has 2 aromatic rings. The molecule has 0 bridgehead atoms. The van der Waals surface area contributed by atoms with E-state index in [1.54, 1.807) is 6.20 Å². The summed E-state index contributed by atoms with van der Waals surface area (Å²) in [7, 11) is 3.88. The summed E-state index contributed by atoms with van der Waals surface area (Å²) in [6, 6.07) is 5.68. The van der Waals surface area contributed by atoms with E-state index in [4.69, 9.17) is 16.3 Å². The van der Waals surface area contributed by atoms with Crippen molar-refractivity contribution in [3.8, 4) is 5.75 Å². The average Bonchev–Trinajstić information content (AvgIpc) is 2.78. The van der Waals surface area contributed by atoms with Gasteiger partial charge in [-0.15, -0.1) is 0 Å². The van der Waals surface area contributed by atoms with Gasteiger partial charge in [-0.25, -0.2) is 4.98 Å². The lowest BCUT2D eigenvalue weighted by molar-refractivity contribution is 0.313. The number of hydrogen-bond donors (Lipinski definition) is 1. The lowest BCUT2D eigenvalue weighted by Crippen LogP contribution is -2.10. The number of ether oxygens (including phenoxy) is 1. The van der Waals surface area contributed by atoms with Crippen LogP contribution in [0.25, 0.3) is 0 Å². The van der Waals surface area contributed by atoms with Crippen LogP contribution in [0, 0.1) is 0 Å². The van der Waals surface area contributed by atoms with Gasteiger partial charge in [0.15, 0.2) is 0 Å². The van der Waals surface area contributed by atoms with Crippen LogP contribution in [-0.4, -0.2) is 23.2 Å². The Hall–Kier alpha value is -1.52. The highest BCUT2D eigenvalue weighted by atomic mass is 35.5. The molecule has 0 fully saturated rings. The minimum atomic E-state index is 0.600. The molecule has 1 heterocycles. The van der Waals surface area contributed by atoms with Crippen LogP contribution in [-0.2, 0) is 20.0 Å². The Morgan fingerprint density at radius 3 is 2.95 bits per heavy atom. The molecule has 0 aliphatic carbocycles. The van der Waals surface area contributed by atoms with Crippen molar-refractivity contribution >= 4 is 11.6 Å². The Bertz CT molecular complexity index is 539. The van der Waals surface area contributed by atoms with E-state index >= 15 is 0 Å². The molecule has 2 rings (SSSR count). The van der Waals surface area contributed by atoms with Crippen molar-refractivity contribution in [1.82, 2.24) is 14.9 Å². The maximum absolute atomic E-state index is 5.99. The first kappa shape index (κ1) is 13.9. The summed E-state index contributed by atoms with van der Waals surface area (Å²) in [4.78, 5) is 4.27. The zero-order chi connectivity index (χ0) is 13.7. The Morgan fingerprint density at radius 2 is 2.26 bits per heavy atom. The molecule has 0 amide bonds. The number of benzene rings is 1. The van der Waals surface area contributed by atoms with Crippen LogP contribution in [0.2, 0.25) is 5.02 Å². The lowest BCUT2D eigenvalue weighted by atomic mass is 10.2. The number of aryl methyl sites for hydroxylation is 1. The standard InChI is InChI=1S/C14H18ClN3O/c1-16-10-11-9-12(15)3-4-13(11)19-8-5-14-17-6-7-18(14)2/h3-4,6-7,9,16H,5,8,10H2,1-2H3. The molecular weight excluding hydrogens is 262 g/mol. The van der Waals surface area contributed by atoms with E-state index in [1.165, 1.54) is 0 Å². The van der Waals surface area contributed by atoms with Gasteiger partial charge in [-0.1, -0.05) is 11.6 Å². The van der Waals surface area contributed by atoms with Crippen LogP contribution < -0.4 is 10.1 Å². The first-order valence-electron chi connectivity index (χ1n) is 6.22. The molecule has 0 spiro atoms. The van der Waals surface area contributed by atoms with E-state index in [2.05, 4.69) is 10.3 Å². The fraction of sp³-hybridized carbons (Fsp3) is 0.357. The van der Waals surface area contributed by atoms with Gasteiger partial charge in [0.1, 0.15) is 11.6 Å². The number of aromatic nitrogens is 2. The molecule has 1 aromatic carbocycles. The molecule has 0 atom stereocenters. The first-order chi connectivity index (χ1) is 9.20. The summed E-state index contributed by atoms with van der Waals surface area (Å²) in [5.41, 5.74) is 1.06. The van der Waals surface area contributed by atoms with Gasteiger partial charge in [-0.3, -0.25) is 0 Å². The predicted octanol–water partition coefficient (Wildman–Crippen LogP) is 2.41. The zero-order valence-corrected chi connectivity index (χ0v) is 11.9. The number of nitrogens with one attached hydrogen (secondary N) is 1. The normalized spacial score (nSPS) is 10.7. The minimum Gasteiger partial charge on any atom is -0.493 e. The maximum Gasteiger partial charge on any atom is 0.123 e. The Labute approximate surface area is 118 Å². The van der Waals surface area contributed by atoms with Crippen LogP contribution in [0.5, 0.6) is 5.75 Å². The fourth-order valence-corrected chi connectivity index (χ4v) is 2.10. The number of rotatable bonds is 6. The van der Waals surface area contributed by atoms with Crippen molar-refractivity contribution in [2.45, 2.75) is 13.0 Å². The monoisotopic (exact) mass is 279 g/mol. The van der Waals surface area contributed by atoms with Crippen molar-refractivity contribution in [2.75, 3.05) is 13.7 Å². The van der Waals surface area contributed by atoms with Crippen LogP contribution >= 0.6 is 11.6 Å². The van der Waals surface area contributed by atoms with Gasteiger partial charge in [-0.2, -0.15) is 0 Å². The quantitative estimate of drug-likeness (QED) is 0.883. The highest BCUT2D eigenvalue weighted by Crippen LogP contribution is 2.23. The molecule has 19 heavy (non-hydrogen) atoms. The predicted molar refractivity (Wildman–Crippen MR) is 76.6 cm³/mol. The maximum atomic E-state index is 5.99. The second kappa shape index (κ2) is 6.59. The largest absolute Gasteiger partial charge is 0.493 e. The lowest BCUT2D eigenvalue weighted by Gasteiger charge is -2.11. The third-order valence-electron chi connectivity index (χ3n) is 2.89. The highest BCUT2D eigenvalue weighted by Gasteiger charge is 2.05. The second-order valence-electron chi connectivity index (χ2n) is 4.34. The molecule has 102 valence electrons. The van der Waals surface area contributed by atoms with Crippen molar-refractivity contribution in [3.05, 3.63) is 47.0 Å². The van der Waals surface area contributed by atoms with Gasteiger partial charge < -0.3 is 14.6 Å². The van der Waals surface area contributed by atoms with Crippen molar-refractivity contribution < 1.29 is 4.74 Å². The average molecular weight is 280 g/mol. The summed E-state index contributed by atoms with van der Waals surface area (Å²) in [5.74, 6) is 1.89. The summed E-state index contributed by atoms with van der Waals surface area (Å²) >= 11 is 5.99. The van der Waals surface area contributed by atoms with Gasteiger partial charge in [0.25, 0.3) is 0 Å². The van der Waals surface area contributed by atoms with E-state index in [-0.39, 0.29) is 0 Å². The fourth-order valence-electron chi connectivity index (χ4n) is 1.91. The molecule has 1 aromatic heterocycles. The smallest absolute Gasteiger partial charge is 0.123 e. The molecule has 0 radical (unpaired) electrons. The Balaban J connectivity index is 1.97. The summed E-state index contributed by atoms with van der Waals surface area (Å²) in [6.07, 6.45) is 4.51. The van der Waals surface area contributed by atoms with E-state index in [1.807, 2.05) is 43.1 Å². The van der Waals surface area contributed by atoms with Gasteiger partial charge in [0.05, 0.1) is 6.61 Å². The van der Waals surface area contributed by atoms with Crippen molar-refractivity contribution in [2.24, 2.45) is 7.05 Å². The molecule has 0 saturated heterocycles. The van der Waals surface area contributed by atoms with Crippen LogP contribution in [0.4, 0.5) is 0 Å². The third kappa shape index (κ3) is 3.72. The van der Waals surface area contributed by atoms with Gasteiger partial charge >= 0.3 is 0 Å². The molecule has 0 unspecified atom stereocenters.